The van der Waals surface area contributed by atoms with E-state index in [0.29, 0.717) is 18.9 Å². The molecular weight excluding hydrogens is 420 g/mol. The lowest BCUT2D eigenvalue weighted by Gasteiger charge is -2.16. The number of hydrogen-bond acceptors (Lipinski definition) is 3. The molecule has 0 aromatic heterocycles. The van der Waals surface area contributed by atoms with Crippen molar-refractivity contribution in [1.29, 1.82) is 0 Å². The van der Waals surface area contributed by atoms with Crippen LogP contribution in [0.5, 0.6) is 0 Å². The highest BCUT2D eigenvalue weighted by molar-refractivity contribution is 5.69. The number of rotatable bonds is 27. The summed E-state index contributed by atoms with van der Waals surface area (Å²) < 4.78 is 5.63. The predicted octanol–water partition coefficient (Wildman–Crippen LogP) is 9.93. The molecule has 0 aliphatic carbocycles. The molecule has 0 aromatic rings. The van der Waals surface area contributed by atoms with Gasteiger partial charge in [0.2, 0.25) is 0 Å². The van der Waals surface area contributed by atoms with Crippen LogP contribution in [0.15, 0.2) is 0 Å². The van der Waals surface area contributed by atoms with Gasteiger partial charge in [-0.15, -0.1) is 0 Å². The second-order valence-electron chi connectivity index (χ2n) is 10.8. The third-order valence-corrected chi connectivity index (χ3v) is 7.22. The molecule has 0 rings (SSSR count). The van der Waals surface area contributed by atoms with Crippen molar-refractivity contribution in [3.8, 4) is 0 Å². The van der Waals surface area contributed by atoms with Crippen LogP contribution >= 0.6 is 0 Å². The standard InChI is InChI=1S/C31H62O3/c1-4-7-10-12-13-16-20-25-30(32)26-21-17-14-15-18-22-27-31(33)34-28-29(23-9-6-3)24-19-11-8-5-2/h29-30,32H,4-28H2,1-3H3/t29-,30-/m1/s1. The van der Waals surface area contributed by atoms with Gasteiger partial charge in [-0.1, -0.05) is 136 Å². The molecule has 0 aromatic carbocycles. The second-order valence-corrected chi connectivity index (χ2v) is 10.8. The summed E-state index contributed by atoms with van der Waals surface area (Å²) in [5, 5.41) is 10.1. The highest BCUT2D eigenvalue weighted by atomic mass is 16.5. The normalized spacial score (nSPS) is 13.2. The number of esters is 1. The van der Waals surface area contributed by atoms with Crippen molar-refractivity contribution >= 4 is 5.97 Å². The first kappa shape index (κ1) is 33.4. The van der Waals surface area contributed by atoms with Gasteiger partial charge in [-0.25, -0.2) is 0 Å². The van der Waals surface area contributed by atoms with Crippen molar-refractivity contribution in [2.24, 2.45) is 5.92 Å². The summed E-state index contributed by atoms with van der Waals surface area (Å²) in [5.41, 5.74) is 0. The van der Waals surface area contributed by atoms with Crippen molar-refractivity contribution in [3.63, 3.8) is 0 Å². The highest BCUT2D eigenvalue weighted by Crippen LogP contribution is 2.19. The monoisotopic (exact) mass is 482 g/mol. The molecule has 0 saturated carbocycles. The fourth-order valence-corrected chi connectivity index (χ4v) is 4.78. The number of aliphatic hydroxyl groups is 1. The summed E-state index contributed by atoms with van der Waals surface area (Å²) in [6.07, 6.45) is 28.5. The Balaban J connectivity index is 3.57. The summed E-state index contributed by atoms with van der Waals surface area (Å²) in [4.78, 5) is 12.1. The van der Waals surface area contributed by atoms with Crippen molar-refractivity contribution in [2.45, 2.75) is 181 Å². The molecular formula is C31H62O3. The van der Waals surface area contributed by atoms with Crippen molar-refractivity contribution < 1.29 is 14.6 Å². The zero-order valence-electron chi connectivity index (χ0n) is 23.6. The minimum Gasteiger partial charge on any atom is -0.465 e. The van der Waals surface area contributed by atoms with Gasteiger partial charge in [0.05, 0.1) is 12.7 Å². The summed E-state index contributed by atoms with van der Waals surface area (Å²) in [5.74, 6) is 0.561. The largest absolute Gasteiger partial charge is 0.465 e. The van der Waals surface area contributed by atoms with Gasteiger partial charge in [0.1, 0.15) is 0 Å². The molecule has 0 bridgehead atoms. The Bertz CT molecular complexity index is 409. The van der Waals surface area contributed by atoms with Gasteiger partial charge in [0.25, 0.3) is 0 Å². The number of ether oxygens (including phenoxy) is 1. The molecule has 0 aliphatic rings. The van der Waals surface area contributed by atoms with Crippen LogP contribution in [0.2, 0.25) is 0 Å². The first-order valence-electron chi connectivity index (χ1n) is 15.5. The van der Waals surface area contributed by atoms with Crippen LogP contribution in [0.1, 0.15) is 175 Å². The zero-order valence-corrected chi connectivity index (χ0v) is 23.6. The molecule has 1 N–H and O–H groups in total. The molecule has 3 nitrogen and oxygen atoms in total. The molecule has 204 valence electrons. The minimum absolute atomic E-state index is 0.00328. The molecule has 34 heavy (non-hydrogen) atoms. The van der Waals surface area contributed by atoms with Gasteiger partial charge in [-0.2, -0.15) is 0 Å². The number of unbranched alkanes of at least 4 members (excludes halogenated alkanes) is 15. The second kappa shape index (κ2) is 27.0. The summed E-state index contributed by atoms with van der Waals surface area (Å²) in [6, 6.07) is 0. The third-order valence-electron chi connectivity index (χ3n) is 7.22. The molecule has 0 unspecified atom stereocenters. The quantitative estimate of drug-likeness (QED) is 0.0935. The van der Waals surface area contributed by atoms with Crippen LogP contribution in [0.4, 0.5) is 0 Å². The van der Waals surface area contributed by atoms with Crippen LogP contribution in [-0.2, 0) is 9.53 Å². The smallest absolute Gasteiger partial charge is 0.305 e. The van der Waals surface area contributed by atoms with Gasteiger partial charge in [0, 0.05) is 6.42 Å². The van der Waals surface area contributed by atoms with E-state index in [1.165, 1.54) is 116 Å². The first-order chi connectivity index (χ1) is 16.6. The van der Waals surface area contributed by atoms with Crippen LogP contribution in [-0.4, -0.2) is 23.8 Å². The van der Waals surface area contributed by atoms with E-state index in [1.54, 1.807) is 0 Å². The molecule has 0 radical (unpaired) electrons. The molecule has 0 saturated heterocycles. The number of aliphatic hydroxyl groups excluding tert-OH is 1. The maximum Gasteiger partial charge on any atom is 0.305 e. The molecule has 0 heterocycles. The van der Waals surface area contributed by atoms with E-state index in [4.69, 9.17) is 4.74 Å². The summed E-state index contributed by atoms with van der Waals surface area (Å²) >= 11 is 0. The van der Waals surface area contributed by atoms with Gasteiger partial charge in [-0.3, -0.25) is 4.79 Å². The highest BCUT2D eigenvalue weighted by Gasteiger charge is 2.12. The van der Waals surface area contributed by atoms with Crippen molar-refractivity contribution in [3.05, 3.63) is 0 Å². The number of hydrogen-bond donors (Lipinski definition) is 1. The summed E-state index contributed by atoms with van der Waals surface area (Å²) in [6.45, 7) is 7.37. The van der Waals surface area contributed by atoms with E-state index >= 15 is 0 Å². The number of carbonyl (C=O) groups excluding carboxylic acids is 1. The topological polar surface area (TPSA) is 46.5 Å². The molecule has 0 aliphatic heterocycles. The maximum atomic E-state index is 12.1. The SMILES string of the molecule is CCCCCCCCC[C@@H](O)CCCCCCCCC(=O)OC[C@H](CCCC)CCCCCC. The zero-order chi connectivity index (χ0) is 25.1. The van der Waals surface area contributed by atoms with Gasteiger partial charge in [-0.05, 0) is 38.0 Å². The van der Waals surface area contributed by atoms with E-state index in [9.17, 15) is 9.90 Å². The molecule has 0 fully saturated rings. The van der Waals surface area contributed by atoms with Crippen LogP contribution in [0, 0.1) is 5.92 Å². The van der Waals surface area contributed by atoms with E-state index < -0.39 is 0 Å². The Morgan fingerprint density at radius 1 is 0.559 bits per heavy atom. The van der Waals surface area contributed by atoms with Crippen molar-refractivity contribution in [1.82, 2.24) is 0 Å². The van der Waals surface area contributed by atoms with Gasteiger partial charge >= 0.3 is 5.97 Å². The van der Waals surface area contributed by atoms with Gasteiger partial charge in [0.15, 0.2) is 0 Å². The van der Waals surface area contributed by atoms with Gasteiger partial charge < -0.3 is 9.84 Å². The van der Waals surface area contributed by atoms with E-state index in [2.05, 4.69) is 20.8 Å². The van der Waals surface area contributed by atoms with E-state index in [0.717, 1.165) is 32.1 Å². The predicted molar refractivity (Wildman–Crippen MR) is 148 cm³/mol. The fourth-order valence-electron chi connectivity index (χ4n) is 4.78. The Kier molecular flexibility index (Phi) is 26.6. The molecule has 0 spiro atoms. The van der Waals surface area contributed by atoms with E-state index in [1.807, 2.05) is 0 Å². The lowest BCUT2D eigenvalue weighted by molar-refractivity contribution is -0.145. The van der Waals surface area contributed by atoms with Crippen LogP contribution < -0.4 is 0 Å². The van der Waals surface area contributed by atoms with E-state index in [-0.39, 0.29) is 12.1 Å². The number of carbonyl (C=O) groups is 1. The van der Waals surface area contributed by atoms with Crippen LogP contribution in [0.25, 0.3) is 0 Å². The Morgan fingerprint density at radius 3 is 1.53 bits per heavy atom. The Morgan fingerprint density at radius 2 is 0.971 bits per heavy atom. The fraction of sp³-hybridized carbons (Fsp3) is 0.968. The lowest BCUT2D eigenvalue weighted by atomic mass is 9.96. The maximum absolute atomic E-state index is 12.1. The lowest BCUT2D eigenvalue weighted by Crippen LogP contribution is -2.14. The molecule has 0 amide bonds. The Hall–Kier alpha value is -0.570. The Labute approximate surface area is 214 Å². The first-order valence-corrected chi connectivity index (χ1v) is 15.5. The third kappa shape index (κ3) is 24.6. The average Bonchev–Trinajstić information content (AvgIpc) is 2.84. The van der Waals surface area contributed by atoms with Crippen molar-refractivity contribution in [2.75, 3.05) is 6.61 Å². The molecule has 2 atom stereocenters. The average molecular weight is 483 g/mol. The summed E-state index contributed by atoms with van der Waals surface area (Å²) in [7, 11) is 0. The van der Waals surface area contributed by atoms with Crippen LogP contribution in [0.3, 0.4) is 0 Å². The minimum atomic E-state index is -0.0989. The molecule has 3 heteroatoms.